The van der Waals surface area contributed by atoms with Crippen LogP contribution in [0.25, 0.3) is 0 Å². The third kappa shape index (κ3) is 3.32. The first-order valence-electron chi connectivity index (χ1n) is 6.55. The first kappa shape index (κ1) is 14.9. The molecule has 0 aliphatic carbocycles. The van der Waals surface area contributed by atoms with Crippen LogP contribution < -0.4 is 5.32 Å². The predicted octanol–water partition coefficient (Wildman–Crippen LogP) is 0.182. The quantitative estimate of drug-likeness (QED) is 0.866. The van der Waals surface area contributed by atoms with Crippen LogP contribution in [0.3, 0.4) is 0 Å². The van der Waals surface area contributed by atoms with Crippen LogP contribution in [-0.4, -0.2) is 66.0 Å². The Bertz CT molecular complexity index is 508. The minimum absolute atomic E-state index is 0.0253. The zero-order valence-electron chi connectivity index (χ0n) is 11.7. The van der Waals surface area contributed by atoms with Crippen LogP contribution in [0.2, 0.25) is 5.02 Å². The summed E-state index contributed by atoms with van der Waals surface area (Å²) in [6, 6.07) is 1.61. The van der Waals surface area contributed by atoms with Crippen LogP contribution in [0.5, 0.6) is 0 Å². The summed E-state index contributed by atoms with van der Waals surface area (Å²) in [5, 5.41) is 3.70. The highest BCUT2D eigenvalue weighted by molar-refractivity contribution is 6.31. The molecule has 1 aromatic rings. The molecule has 110 valence electrons. The van der Waals surface area contributed by atoms with Crippen LogP contribution in [-0.2, 0) is 11.8 Å². The van der Waals surface area contributed by atoms with Gasteiger partial charge in [-0.2, -0.15) is 0 Å². The minimum atomic E-state index is -0.206. The molecule has 6 nitrogen and oxygen atoms in total. The van der Waals surface area contributed by atoms with Crippen molar-refractivity contribution in [3.05, 3.63) is 23.0 Å². The fourth-order valence-corrected chi connectivity index (χ4v) is 2.47. The van der Waals surface area contributed by atoms with Gasteiger partial charge in [-0.05, 0) is 6.07 Å². The average Bonchev–Trinajstić information content (AvgIpc) is 2.77. The molecule has 1 aliphatic rings. The van der Waals surface area contributed by atoms with Crippen LogP contribution in [0, 0.1) is 0 Å². The Balaban J connectivity index is 1.97. The fraction of sp³-hybridized carbons (Fsp3) is 0.538. The van der Waals surface area contributed by atoms with E-state index in [9.17, 15) is 9.59 Å². The number of hydrogen-bond acceptors (Lipinski definition) is 3. The van der Waals surface area contributed by atoms with Crippen molar-refractivity contribution in [1.82, 2.24) is 19.7 Å². The van der Waals surface area contributed by atoms with E-state index in [4.69, 9.17) is 11.6 Å². The molecule has 1 N–H and O–H groups in total. The number of likely N-dealkylation sites (N-methyl/N-ethyl adjacent to an activating group) is 1. The number of nitrogens with zero attached hydrogens (tertiary/aromatic N) is 3. The van der Waals surface area contributed by atoms with E-state index in [1.54, 1.807) is 35.8 Å². The normalized spacial score (nSPS) is 15.2. The third-order valence-electron chi connectivity index (χ3n) is 3.38. The number of rotatable bonds is 3. The molecular weight excluding hydrogens is 280 g/mol. The largest absolute Gasteiger partial charge is 0.345 e. The number of nitrogens with one attached hydrogen (secondary N) is 1. The fourth-order valence-electron chi connectivity index (χ4n) is 2.22. The molecule has 1 saturated heterocycles. The second-order valence-electron chi connectivity index (χ2n) is 4.95. The molecule has 7 heteroatoms. The molecule has 0 saturated carbocycles. The molecule has 0 bridgehead atoms. The van der Waals surface area contributed by atoms with Gasteiger partial charge in [0, 0.05) is 46.5 Å². The summed E-state index contributed by atoms with van der Waals surface area (Å²) in [5.74, 6) is -0.231. The molecule has 0 unspecified atom stereocenters. The molecule has 20 heavy (non-hydrogen) atoms. The molecule has 0 atom stereocenters. The van der Waals surface area contributed by atoms with Crippen LogP contribution in [0.4, 0.5) is 0 Å². The topological polar surface area (TPSA) is 57.6 Å². The average molecular weight is 299 g/mol. The molecule has 1 fully saturated rings. The molecule has 2 heterocycles. The minimum Gasteiger partial charge on any atom is -0.345 e. The number of aromatic nitrogens is 1. The first-order valence-corrected chi connectivity index (χ1v) is 6.92. The number of aryl methyl sites for hydroxylation is 1. The second kappa shape index (κ2) is 6.28. The Morgan fingerprint density at radius 2 is 2.05 bits per heavy atom. The summed E-state index contributed by atoms with van der Waals surface area (Å²) in [4.78, 5) is 27.6. The number of piperazine rings is 1. The van der Waals surface area contributed by atoms with Crippen molar-refractivity contribution in [2.75, 3.05) is 39.8 Å². The van der Waals surface area contributed by atoms with Gasteiger partial charge in [-0.25, -0.2) is 0 Å². The Kier molecular flexibility index (Phi) is 4.67. The summed E-state index contributed by atoms with van der Waals surface area (Å²) in [6.07, 6.45) is 1.67. The van der Waals surface area contributed by atoms with Crippen molar-refractivity contribution in [1.29, 1.82) is 0 Å². The highest BCUT2D eigenvalue weighted by Gasteiger charge is 2.22. The molecule has 1 aliphatic heterocycles. The van der Waals surface area contributed by atoms with Gasteiger partial charge in [0.1, 0.15) is 5.69 Å². The highest BCUT2D eigenvalue weighted by Crippen LogP contribution is 2.14. The monoisotopic (exact) mass is 298 g/mol. The number of hydrogen-bond donors (Lipinski definition) is 1. The maximum Gasteiger partial charge on any atom is 0.270 e. The van der Waals surface area contributed by atoms with Gasteiger partial charge in [-0.3, -0.25) is 9.59 Å². The lowest BCUT2D eigenvalue weighted by Gasteiger charge is -2.29. The number of halogens is 1. The van der Waals surface area contributed by atoms with E-state index in [1.165, 1.54) is 4.90 Å². The van der Waals surface area contributed by atoms with Gasteiger partial charge in [0.2, 0.25) is 5.91 Å². The van der Waals surface area contributed by atoms with Gasteiger partial charge in [0.15, 0.2) is 0 Å². The lowest BCUT2D eigenvalue weighted by molar-refractivity contribution is -0.132. The van der Waals surface area contributed by atoms with E-state index >= 15 is 0 Å². The smallest absolute Gasteiger partial charge is 0.270 e. The van der Waals surface area contributed by atoms with Crippen molar-refractivity contribution in [2.24, 2.45) is 7.05 Å². The van der Waals surface area contributed by atoms with Crippen LogP contribution >= 0.6 is 11.6 Å². The molecule has 1 aromatic heterocycles. The summed E-state index contributed by atoms with van der Waals surface area (Å²) < 4.78 is 1.66. The van der Waals surface area contributed by atoms with Crippen molar-refractivity contribution in [2.45, 2.75) is 0 Å². The third-order valence-corrected chi connectivity index (χ3v) is 3.59. The van der Waals surface area contributed by atoms with E-state index in [1.807, 2.05) is 0 Å². The van der Waals surface area contributed by atoms with E-state index in [0.29, 0.717) is 23.8 Å². The van der Waals surface area contributed by atoms with E-state index < -0.39 is 0 Å². The Morgan fingerprint density at radius 3 is 2.60 bits per heavy atom. The lowest BCUT2D eigenvalue weighted by atomic mass is 10.3. The van der Waals surface area contributed by atoms with Gasteiger partial charge in [0.05, 0.1) is 11.6 Å². The maximum absolute atomic E-state index is 12.3. The van der Waals surface area contributed by atoms with Crippen molar-refractivity contribution in [3.8, 4) is 0 Å². The second-order valence-corrected chi connectivity index (χ2v) is 5.38. The summed E-state index contributed by atoms with van der Waals surface area (Å²) in [5.41, 5.74) is 0.477. The van der Waals surface area contributed by atoms with Gasteiger partial charge in [-0.1, -0.05) is 11.6 Å². The lowest BCUT2D eigenvalue weighted by Crippen LogP contribution is -2.49. The number of carbonyl (C=O) groups is 2. The van der Waals surface area contributed by atoms with Crippen LogP contribution in [0.15, 0.2) is 12.3 Å². The number of carbonyl (C=O) groups excluding carboxylic acids is 2. The maximum atomic E-state index is 12.3. The van der Waals surface area contributed by atoms with Gasteiger partial charge < -0.3 is 19.7 Å². The van der Waals surface area contributed by atoms with E-state index in [0.717, 1.165) is 13.1 Å². The van der Waals surface area contributed by atoms with Crippen molar-refractivity contribution >= 4 is 23.4 Å². The highest BCUT2D eigenvalue weighted by atomic mass is 35.5. The molecular formula is C13H19ClN4O2. The Hall–Kier alpha value is -1.53. The SMILES string of the molecule is CN(CC(=O)N1CCNCC1)C(=O)c1cc(Cl)cn1C. The number of amides is 2. The predicted molar refractivity (Wildman–Crippen MR) is 76.8 cm³/mol. The van der Waals surface area contributed by atoms with Crippen molar-refractivity contribution in [3.63, 3.8) is 0 Å². The Labute approximate surface area is 123 Å². The zero-order chi connectivity index (χ0) is 14.7. The van der Waals surface area contributed by atoms with E-state index in [2.05, 4.69) is 5.32 Å². The molecule has 0 radical (unpaired) electrons. The Morgan fingerprint density at radius 1 is 1.40 bits per heavy atom. The van der Waals surface area contributed by atoms with Gasteiger partial charge in [-0.15, -0.1) is 0 Å². The molecule has 2 amide bonds. The summed E-state index contributed by atoms with van der Waals surface area (Å²) >= 11 is 5.87. The van der Waals surface area contributed by atoms with E-state index in [-0.39, 0.29) is 18.4 Å². The van der Waals surface area contributed by atoms with Crippen molar-refractivity contribution < 1.29 is 9.59 Å². The first-order chi connectivity index (χ1) is 9.49. The standard InChI is InChI=1S/C13H19ClN4O2/c1-16-8-10(14)7-11(16)13(20)17(2)9-12(19)18-5-3-15-4-6-18/h7-8,15H,3-6,9H2,1-2H3. The molecule has 0 aromatic carbocycles. The zero-order valence-corrected chi connectivity index (χ0v) is 12.5. The summed E-state index contributed by atoms with van der Waals surface area (Å²) in [6.45, 7) is 3.07. The van der Waals surface area contributed by atoms with Gasteiger partial charge >= 0.3 is 0 Å². The van der Waals surface area contributed by atoms with Gasteiger partial charge in [0.25, 0.3) is 5.91 Å². The summed E-state index contributed by atoms with van der Waals surface area (Å²) in [7, 11) is 3.38. The molecule has 0 spiro atoms. The van der Waals surface area contributed by atoms with Crippen LogP contribution in [0.1, 0.15) is 10.5 Å². The molecule has 2 rings (SSSR count).